The van der Waals surface area contributed by atoms with Crippen LogP contribution in [0.4, 0.5) is 4.39 Å². The van der Waals surface area contributed by atoms with E-state index < -0.39 is 12.0 Å². The fourth-order valence-electron chi connectivity index (χ4n) is 3.34. The van der Waals surface area contributed by atoms with E-state index in [2.05, 4.69) is 26.6 Å². The molecular formula is C22H16BrCl2FN2O. The lowest BCUT2D eigenvalue weighted by molar-refractivity contribution is 0.409. The first kappa shape index (κ1) is 20.2. The molecule has 1 aliphatic rings. The maximum absolute atomic E-state index is 14.6. The maximum Gasteiger partial charge on any atom is 0.131 e. The zero-order valence-electron chi connectivity index (χ0n) is 15.0. The second kappa shape index (κ2) is 8.36. The molecule has 3 nitrogen and oxygen atoms in total. The summed E-state index contributed by atoms with van der Waals surface area (Å²) in [6.45, 7) is 0. The van der Waals surface area contributed by atoms with Crippen LogP contribution in [0.15, 0.2) is 71.2 Å². The summed E-state index contributed by atoms with van der Waals surface area (Å²) >= 11 is 15.8. The van der Waals surface area contributed by atoms with Crippen molar-refractivity contribution < 1.29 is 9.50 Å². The molecule has 0 radical (unpaired) electrons. The van der Waals surface area contributed by atoms with Crippen LogP contribution < -0.4 is 10.6 Å². The third kappa shape index (κ3) is 4.28. The quantitative estimate of drug-likeness (QED) is 0.386. The molecule has 0 spiro atoms. The van der Waals surface area contributed by atoms with E-state index in [0.717, 1.165) is 15.7 Å². The molecule has 0 amide bonds. The Labute approximate surface area is 186 Å². The van der Waals surface area contributed by atoms with E-state index in [-0.39, 0.29) is 11.8 Å². The summed E-state index contributed by atoms with van der Waals surface area (Å²) in [7, 11) is 0. The molecule has 4 rings (SSSR count). The molecule has 29 heavy (non-hydrogen) atoms. The highest BCUT2D eigenvalue weighted by atomic mass is 79.9. The minimum atomic E-state index is -0.609. The van der Waals surface area contributed by atoms with Crippen LogP contribution in [0.5, 0.6) is 5.75 Å². The number of aromatic hydroxyl groups is 1. The molecule has 0 aromatic heterocycles. The van der Waals surface area contributed by atoms with Crippen LogP contribution in [-0.4, -0.2) is 5.11 Å². The molecule has 3 aromatic carbocycles. The summed E-state index contributed by atoms with van der Waals surface area (Å²) < 4.78 is 15.5. The fraction of sp³-hybridized carbons (Fsp3) is 0.0909. The van der Waals surface area contributed by atoms with Crippen molar-refractivity contribution in [2.45, 2.75) is 12.2 Å². The number of phenolic OH excluding ortho intramolecular Hbond substituents is 1. The molecule has 0 saturated heterocycles. The van der Waals surface area contributed by atoms with Gasteiger partial charge in [-0.3, -0.25) is 5.32 Å². The van der Waals surface area contributed by atoms with Crippen LogP contribution in [-0.2, 0) is 0 Å². The number of hydrogen-bond acceptors (Lipinski definition) is 3. The normalized spacial score (nSPS) is 18.8. The molecule has 1 aliphatic heterocycles. The Morgan fingerprint density at radius 2 is 1.76 bits per heavy atom. The van der Waals surface area contributed by atoms with Gasteiger partial charge in [0, 0.05) is 26.3 Å². The van der Waals surface area contributed by atoms with E-state index in [1.807, 2.05) is 24.3 Å². The van der Waals surface area contributed by atoms with Crippen LogP contribution in [0.2, 0.25) is 10.0 Å². The average molecular weight is 494 g/mol. The monoisotopic (exact) mass is 492 g/mol. The summed E-state index contributed by atoms with van der Waals surface area (Å²) in [5, 5.41) is 18.0. The molecule has 2 unspecified atom stereocenters. The first-order chi connectivity index (χ1) is 13.9. The molecule has 0 bridgehead atoms. The van der Waals surface area contributed by atoms with Gasteiger partial charge in [0.2, 0.25) is 0 Å². The third-order valence-corrected chi connectivity index (χ3v) is 5.82. The molecule has 0 saturated carbocycles. The highest BCUT2D eigenvalue weighted by Crippen LogP contribution is 2.36. The summed E-state index contributed by atoms with van der Waals surface area (Å²) in [5.74, 6) is -0.283. The number of rotatable bonds is 3. The lowest BCUT2D eigenvalue weighted by Crippen LogP contribution is -2.40. The Bertz CT molecular complexity index is 1070. The predicted octanol–water partition coefficient (Wildman–Crippen LogP) is 6.57. The zero-order chi connectivity index (χ0) is 20.5. The number of benzene rings is 3. The Morgan fingerprint density at radius 3 is 2.48 bits per heavy atom. The van der Waals surface area contributed by atoms with Gasteiger partial charge >= 0.3 is 0 Å². The van der Waals surface area contributed by atoms with Crippen molar-refractivity contribution in [1.82, 2.24) is 10.6 Å². The van der Waals surface area contributed by atoms with Gasteiger partial charge in [0.15, 0.2) is 0 Å². The second-order valence-electron chi connectivity index (χ2n) is 6.65. The summed E-state index contributed by atoms with van der Waals surface area (Å²) in [5.41, 5.74) is 2.62. The number of phenols is 1. The lowest BCUT2D eigenvalue weighted by atomic mass is 9.97. The number of nitrogens with one attached hydrogen (secondary N) is 2. The fourth-order valence-corrected chi connectivity index (χ4v) is 4.12. The average Bonchev–Trinajstić information content (AvgIpc) is 2.70. The number of hydrogen-bond donors (Lipinski definition) is 3. The van der Waals surface area contributed by atoms with Crippen molar-refractivity contribution in [3.05, 3.63) is 104 Å². The highest BCUT2D eigenvalue weighted by Gasteiger charge is 2.28. The summed E-state index contributed by atoms with van der Waals surface area (Å²) in [6.07, 6.45) is 1.33. The van der Waals surface area contributed by atoms with Crippen LogP contribution >= 0.6 is 39.1 Å². The van der Waals surface area contributed by atoms with Crippen LogP contribution in [0.1, 0.15) is 28.9 Å². The van der Waals surface area contributed by atoms with E-state index in [0.29, 0.717) is 21.2 Å². The van der Waals surface area contributed by atoms with Crippen molar-refractivity contribution in [1.29, 1.82) is 0 Å². The lowest BCUT2D eigenvalue weighted by Gasteiger charge is -2.34. The largest absolute Gasteiger partial charge is 0.508 e. The van der Waals surface area contributed by atoms with Gasteiger partial charge < -0.3 is 10.4 Å². The van der Waals surface area contributed by atoms with Gasteiger partial charge in [-0.1, -0.05) is 57.3 Å². The molecule has 0 fully saturated rings. The Hall–Kier alpha value is -2.05. The molecular weight excluding hydrogens is 478 g/mol. The molecule has 148 valence electrons. The van der Waals surface area contributed by atoms with E-state index >= 15 is 0 Å². The van der Waals surface area contributed by atoms with Gasteiger partial charge in [-0.15, -0.1) is 0 Å². The van der Waals surface area contributed by atoms with Crippen LogP contribution in [0.25, 0.3) is 5.70 Å². The van der Waals surface area contributed by atoms with Gasteiger partial charge in [0.1, 0.15) is 17.7 Å². The van der Waals surface area contributed by atoms with Crippen molar-refractivity contribution in [2.75, 3.05) is 0 Å². The van der Waals surface area contributed by atoms with Crippen LogP contribution in [0, 0.1) is 5.82 Å². The summed E-state index contributed by atoms with van der Waals surface area (Å²) in [6, 6.07) is 16.7. The van der Waals surface area contributed by atoms with Crippen molar-refractivity contribution in [3.8, 4) is 5.75 Å². The van der Waals surface area contributed by atoms with E-state index in [9.17, 15) is 9.50 Å². The Kier molecular flexibility index (Phi) is 5.83. The van der Waals surface area contributed by atoms with E-state index in [1.165, 1.54) is 6.07 Å². The van der Waals surface area contributed by atoms with Crippen molar-refractivity contribution >= 4 is 44.8 Å². The van der Waals surface area contributed by atoms with Gasteiger partial charge in [0.05, 0.1) is 11.1 Å². The molecule has 3 N–H and O–H groups in total. The summed E-state index contributed by atoms with van der Waals surface area (Å²) in [4.78, 5) is 0. The van der Waals surface area contributed by atoms with Gasteiger partial charge in [-0.2, -0.15) is 0 Å². The van der Waals surface area contributed by atoms with E-state index in [4.69, 9.17) is 23.2 Å². The van der Waals surface area contributed by atoms with Crippen LogP contribution in [0.3, 0.4) is 0 Å². The molecule has 7 heteroatoms. The SMILES string of the molecule is Oc1ccc(Br)cc1C1C=C(c2ccc(Cl)cc2)NC(c2c(F)cccc2Cl)N1. The van der Waals surface area contributed by atoms with Gasteiger partial charge in [-0.05, 0) is 54.1 Å². The standard InChI is InChI=1S/C22H16BrCl2FN2O/c23-13-6-9-20(29)15(10-13)19-11-18(12-4-7-14(24)8-5-12)27-22(28-19)21-16(25)2-1-3-17(21)26/h1-11,19,22,27-29H. The van der Waals surface area contributed by atoms with Gasteiger partial charge in [0.25, 0.3) is 0 Å². The third-order valence-electron chi connectivity index (χ3n) is 4.75. The smallest absolute Gasteiger partial charge is 0.131 e. The minimum Gasteiger partial charge on any atom is -0.508 e. The Morgan fingerprint density at radius 1 is 1.00 bits per heavy atom. The number of halogens is 4. The topological polar surface area (TPSA) is 44.3 Å². The minimum absolute atomic E-state index is 0.137. The first-order valence-corrected chi connectivity index (χ1v) is 10.4. The Balaban J connectivity index is 1.82. The van der Waals surface area contributed by atoms with Gasteiger partial charge in [-0.25, -0.2) is 4.39 Å². The van der Waals surface area contributed by atoms with Crippen molar-refractivity contribution in [2.24, 2.45) is 0 Å². The molecule has 3 aromatic rings. The predicted molar refractivity (Wildman–Crippen MR) is 118 cm³/mol. The maximum atomic E-state index is 14.6. The molecule has 2 atom stereocenters. The van der Waals surface area contributed by atoms with E-state index in [1.54, 1.807) is 36.4 Å². The zero-order valence-corrected chi connectivity index (χ0v) is 18.1. The molecule has 1 heterocycles. The highest BCUT2D eigenvalue weighted by molar-refractivity contribution is 9.10. The first-order valence-electron chi connectivity index (χ1n) is 8.85. The van der Waals surface area contributed by atoms with Crippen molar-refractivity contribution in [3.63, 3.8) is 0 Å². The second-order valence-corrected chi connectivity index (χ2v) is 8.41. The molecule has 0 aliphatic carbocycles.